The fourth-order valence-electron chi connectivity index (χ4n) is 2.56. The molecule has 1 amide bonds. The Bertz CT molecular complexity index is 886. The van der Waals surface area contributed by atoms with Crippen LogP contribution in [0.3, 0.4) is 0 Å². The fourth-order valence-corrected chi connectivity index (χ4v) is 2.56. The molecule has 0 spiro atoms. The quantitative estimate of drug-likeness (QED) is 0.783. The van der Waals surface area contributed by atoms with Crippen molar-refractivity contribution in [3.05, 3.63) is 77.5 Å². The first-order valence-corrected chi connectivity index (χ1v) is 7.74. The molecule has 5 nitrogen and oxygen atoms in total. The molecule has 3 aromatic rings. The minimum atomic E-state index is -0.310. The zero-order valence-corrected chi connectivity index (χ0v) is 13.3. The van der Waals surface area contributed by atoms with E-state index in [9.17, 15) is 10.1 Å². The summed E-state index contributed by atoms with van der Waals surface area (Å²) >= 11 is 0. The van der Waals surface area contributed by atoms with E-state index in [4.69, 9.17) is 4.42 Å². The Morgan fingerprint density at radius 2 is 2.17 bits per heavy atom. The molecule has 0 unspecified atom stereocenters. The minimum absolute atomic E-state index is 0.275. The van der Waals surface area contributed by atoms with E-state index in [1.54, 1.807) is 35.2 Å². The minimum Gasteiger partial charge on any atom is -0.467 e. The Labute approximate surface area is 140 Å². The van der Waals surface area contributed by atoms with Gasteiger partial charge in [0, 0.05) is 11.9 Å². The highest BCUT2D eigenvalue weighted by atomic mass is 16.3. The summed E-state index contributed by atoms with van der Waals surface area (Å²) in [5.41, 5.74) is 2.70. The third kappa shape index (κ3) is 3.08. The van der Waals surface area contributed by atoms with Gasteiger partial charge in [-0.1, -0.05) is 19.1 Å². The molecule has 0 aliphatic heterocycles. The number of amides is 1. The van der Waals surface area contributed by atoms with Gasteiger partial charge in [0.1, 0.15) is 17.5 Å². The molecule has 0 bridgehead atoms. The third-order valence-electron chi connectivity index (χ3n) is 3.82. The van der Waals surface area contributed by atoms with Crippen molar-refractivity contribution in [3.8, 4) is 11.8 Å². The highest BCUT2D eigenvalue weighted by Crippen LogP contribution is 2.18. The number of hydrogen-bond donors (Lipinski definition) is 1. The lowest BCUT2D eigenvalue weighted by atomic mass is 10.1. The summed E-state index contributed by atoms with van der Waals surface area (Å²) in [7, 11) is 0. The fraction of sp³-hybridized carbons (Fsp3) is 0.158. The molecule has 0 aliphatic rings. The van der Waals surface area contributed by atoms with Crippen molar-refractivity contribution in [1.29, 1.82) is 5.26 Å². The van der Waals surface area contributed by atoms with Gasteiger partial charge in [0.25, 0.3) is 5.91 Å². The summed E-state index contributed by atoms with van der Waals surface area (Å²) in [5.74, 6) is 0.350. The SMILES string of the molecule is CCc1cccc(-n2ccc(C#N)c2C(=O)NCc2ccco2)c1. The standard InChI is InChI=1S/C19H17N3O2/c1-2-14-5-3-6-16(11-14)22-9-8-15(12-20)18(22)19(23)21-13-17-7-4-10-24-17/h3-11H,2,13H2,1H3,(H,21,23). The van der Waals surface area contributed by atoms with Gasteiger partial charge in [0.05, 0.1) is 18.4 Å². The maximum atomic E-state index is 12.6. The Kier molecular flexibility index (Phi) is 4.48. The number of furan rings is 1. The van der Waals surface area contributed by atoms with Gasteiger partial charge in [-0.3, -0.25) is 4.79 Å². The molecule has 0 fully saturated rings. The predicted octanol–water partition coefficient (Wildman–Crippen LogP) is 3.43. The van der Waals surface area contributed by atoms with Crippen LogP contribution in [0.4, 0.5) is 0 Å². The van der Waals surface area contributed by atoms with Crippen molar-refractivity contribution >= 4 is 5.91 Å². The van der Waals surface area contributed by atoms with Crippen molar-refractivity contribution < 1.29 is 9.21 Å². The monoisotopic (exact) mass is 319 g/mol. The van der Waals surface area contributed by atoms with E-state index in [-0.39, 0.29) is 12.5 Å². The Hall–Kier alpha value is -3.26. The lowest BCUT2D eigenvalue weighted by Gasteiger charge is -2.11. The van der Waals surface area contributed by atoms with E-state index < -0.39 is 0 Å². The van der Waals surface area contributed by atoms with Crippen molar-refractivity contribution in [3.63, 3.8) is 0 Å². The normalized spacial score (nSPS) is 10.3. The molecule has 0 aliphatic carbocycles. The summed E-state index contributed by atoms with van der Waals surface area (Å²) in [6, 6.07) is 15.2. The molecule has 120 valence electrons. The first kappa shape index (κ1) is 15.6. The van der Waals surface area contributed by atoms with E-state index in [0.29, 0.717) is 17.0 Å². The summed E-state index contributed by atoms with van der Waals surface area (Å²) < 4.78 is 6.96. The summed E-state index contributed by atoms with van der Waals surface area (Å²) in [5, 5.41) is 12.1. The first-order chi connectivity index (χ1) is 11.7. The zero-order chi connectivity index (χ0) is 16.9. The molecule has 5 heteroatoms. The number of hydrogen-bond acceptors (Lipinski definition) is 3. The third-order valence-corrected chi connectivity index (χ3v) is 3.82. The number of nitriles is 1. The molecular weight excluding hydrogens is 302 g/mol. The van der Waals surface area contributed by atoms with Crippen LogP contribution < -0.4 is 5.32 Å². The van der Waals surface area contributed by atoms with Crippen molar-refractivity contribution in [2.24, 2.45) is 0 Å². The van der Waals surface area contributed by atoms with Crippen molar-refractivity contribution in [2.75, 3.05) is 0 Å². The van der Waals surface area contributed by atoms with Crippen molar-refractivity contribution in [1.82, 2.24) is 9.88 Å². The van der Waals surface area contributed by atoms with Gasteiger partial charge in [-0.2, -0.15) is 5.26 Å². The van der Waals surface area contributed by atoms with Gasteiger partial charge in [0.2, 0.25) is 0 Å². The number of carbonyl (C=O) groups is 1. The molecule has 0 atom stereocenters. The molecule has 0 saturated heterocycles. The van der Waals surface area contributed by atoms with Gasteiger partial charge in [0.15, 0.2) is 0 Å². The van der Waals surface area contributed by atoms with Crippen LogP contribution in [0.2, 0.25) is 0 Å². The van der Waals surface area contributed by atoms with Crippen LogP contribution in [0.5, 0.6) is 0 Å². The molecule has 24 heavy (non-hydrogen) atoms. The second-order valence-corrected chi connectivity index (χ2v) is 5.35. The number of carbonyl (C=O) groups excluding carboxylic acids is 1. The van der Waals surface area contributed by atoms with Gasteiger partial charge < -0.3 is 14.3 Å². The largest absolute Gasteiger partial charge is 0.467 e. The maximum Gasteiger partial charge on any atom is 0.270 e. The van der Waals surface area contributed by atoms with Crippen LogP contribution in [0, 0.1) is 11.3 Å². The van der Waals surface area contributed by atoms with E-state index >= 15 is 0 Å². The summed E-state index contributed by atoms with van der Waals surface area (Å²) in [6.45, 7) is 2.35. The molecule has 2 aromatic heterocycles. The number of benzene rings is 1. The number of rotatable bonds is 5. The van der Waals surface area contributed by atoms with Gasteiger partial charge in [-0.15, -0.1) is 0 Å². The first-order valence-electron chi connectivity index (χ1n) is 7.74. The Balaban J connectivity index is 1.92. The van der Waals surface area contributed by atoms with Crippen LogP contribution in [0.15, 0.2) is 59.3 Å². The van der Waals surface area contributed by atoms with E-state index in [0.717, 1.165) is 12.1 Å². The Morgan fingerprint density at radius 1 is 1.29 bits per heavy atom. The van der Waals surface area contributed by atoms with Crippen molar-refractivity contribution in [2.45, 2.75) is 19.9 Å². The average Bonchev–Trinajstić information content (AvgIpc) is 3.28. The molecule has 1 aromatic carbocycles. The number of nitrogens with one attached hydrogen (secondary N) is 1. The molecule has 3 rings (SSSR count). The second-order valence-electron chi connectivity index (χ2n) is 5.35. The number of nitrogens with zero attached hydrogens (tertiary/aromatic N) is 2. The molecule has 2 heterocycles. The maximum absolute atomic E-state index is 12.6. The zero-order valence-electron chi connectivity index (χ0n) is 13.3. The van der Waals surface area contributed by atoms with Crippen LogP contribution >= 0.6 is 0 Å². The van der Waals surface area contributed by atoms with Gasteiger partial charge >= 0.3 is 0 Å². The van der Waals surface area contributed by atoms with Crippen LogP contribution in [0.25, 0.3) is 5.69 Å². The van der Waals surface area contributed by atoms with Crippen LogP contribution in [-0.4, -0.2) is 10.5 Å². The van der Waals surface area contributed by atoms with Gasteiger partial charge in [-0.05, 0) is 42.3 Å². The molecule has 1 N–H and O–H groups in total. The van der Waals surface area contributed by atoms with E-state index in [1.807, 2.05) is 24.3 Å². The highest BCUT2D eigenvalue weighted by Gasteiger charge is 2.18. The topological polar surface area (TPSA) is 71.0 Å². The smallest absolute Gasteiger partial charge is 0.270 e. The lowest BCUT2D eigenvalue weighted by molar-refractivity contribution is 0.0941. The summed E-state index contributed by atoms with van der Waals surface area (Å²) in [4.78, 5) is 12.6. The van der Waals surface area contributed by atoms with E-state index in [2.05, 4.69) is 18.3 Å². The van der Waals surface area contributed by atoms with Crippen LogP contribution in [0.1, 0.15) is 34.3 Å². The number of aromatic nitrogens is 1. The van der Waals surface area contributed by atoms with Gasteiger partial charge in [-0.25, -0.2) is 0 Å². The predicted molar refractivity (Wildman–Crippen MR) is 89.7 cm³/mol. The summed E-state index contributed by atoms with van der Waals surface area (Å²) in [6.07, 6.45) is 4.20. The highest BCUT2D eigenvalue weighted by molar-refractivity contribution is 5.95. The lowest BCUT2D eigenvalue weighted by Crippen LogP contribution is -2.25. The molecule has 0 radical (unpaired) electrons. The molecule has 0 saturated carbocycles. The average molecular weight is 319 g/mol. The Morgan fingerprint density at radius 3 is 2.88 bits per heavy atom. The molecular formula is C19H17N3O2. The van der Waals surface area contributed by atoms with Crippen LogP contribution in [-0.2, 0) is 13.0 Å². The second kappa shape index (κ2) is 6.88. The van der Waals surface area contributed by atoms with E-state index in [1.165, 1.54) is 5.56 Å². The number of aryl methyl sites for hydroxylation is 1.